The van der Waals surface area contributed by atoms with Crippen molar-refractivity contribution < 1.29 is 9.53 Å². The average Bonchev–Trinajstić information content (AvgIpc) is 2.40. The second-order valence-corrected chi connectivity index (χ2v) is 6.01. The van der Waals surface area contributed by atoms with Gasteiger partial charge in [0.05, 0.1) is 0 Å². The van der Waals surface area contributed by atoms with E-state index in [1.54, 1.807) is 0 Å². The van der Waals surface area contributed by atoms with Gasteiger partial charge in [-0.2, -0.15) is 0 Å². The van der Waals surface area contributed by atoms with Gasteiger partial charge in [-0.05, 0) is 37.9 Å². The van der Waals surface area contributed by atoms with Crippen LogP contribution in [0, 0.1) is 0 Å². The van der Waals surface area contributed by atoms with Crippen molar-refractivity contribution >= 4 is 23.5 Å². The van der Waals surface area contributed by atoms with Gasteiger partial charge in [-0.1, -0.05) is 38.5 Å². The minimum absolute atomic E-state index is 0.222. The number of rotatable bonds is 2. The monoisotopic (exact) mass is 284 g/mol. The van der Waals surface area contributed by atoms with E-state index in [2.05, 4.69) is 10.6 Å². The summed E-state index contributed by atoms with van der Waals surface area (Å²) in [6.45, 7) is 0. The van der Waals surface area contributed by atoms with E-state index >= 15 is 0 Å². The lowest BCUT2D eigenvalue weighted by molar-refractivity contribution is 0.187. The summed E-state index contributed by atoms with van der Waals surface area (Å²) in [7, 11) is 0. The largest absolute Gasteiger partial charge is 0.414 e. The van der Waals surface area contributed by atoms with Crippen LogP contribution in [0.25, 0.3) is 0 Å². The third-order valence-electron chi connectivity index (χ3n) is 4.04. The van der Waals surface area contributed by atoms with E-state index in [4.69, 9.17) is 17.0 Å². The highest BCUT2D eigenvalue weighted by Gasteiger charge is 2.19. The van der Waals surface area contributed by atoms with E-state index in [0.29, 0.717) is 6.04 Å². The maximum absolute atomic E-state index is 11.7. The number of carbonyl (C=O) groups excluding carboxylic acids is 1. The van der Waals surface area contributed by atoms with Crippen molar-refractivity contribution in [1.29, 1.82) is 0 Å². The van der Waals surface area contributed by atoms with Crippen LogP contribution in [0.3, 0.4) is 0 Å². The number of alkyl carbamates (subject to hydrolysis) is 1. The molecule has 2 N–H and O–H groups in total. The first-order valence-electron chi connectivity index (χ1n) is 7.53. The first-order chi connectivity index (χ1) is 9.24. The number of carbonyl (C=O) groups is 1. The lowest BCUT2D eigenvalue weighted by atomic mass is 9.96. The fourth-order valence-electron chi connectivity index (χ4n) is 2.97. The van der Waals surface area contributed by atoms with Crippen molar-refractivity contribution in [1.82, 2.24) is 10.6 Å². The highest BCUT2D eigenvalue weighted by atomic mass is 32.1. The molecule has 0 radical (unpaired) electrons. The van der Waals surface area contributed by atoms with Gasteiger partial charge in [0.25, 0.3) is 5.17 Å². The van der Waals surface area contributed by atoms with Gasteiger partial charge in [-0.15, -0.1) is 0 Å². The molecule has 0 aliphatic heterocycles. The summed E-state index contributed by atoms with van der Waals surface area (Å²) in [6.07, 6.45) is 11.4. The van der Waals surface area contributed by atoms with Gasteiger partial charge < -0.3 is 15.4 Å². The second kappa shape index (κ2) is 7.68. The molecule has 0 aromatic carbocycles. The third kappa shape index (κ3) is 5.35. The zero-order valence-electron chi connectivity index (χ0n) is 11.5. The molecule has 19 heavy (non-hydrogen) atoms. The highest BCUT2D eigenvalue weighted by Crippen LogP contribution is 2.18. The van der Waals surface area contributed by atoms with Crippen molar-refractivity contribution in [3.63, 3.8) is 0 Å². The van der Waals surface area contributed by atoms with Gasteiger partial charge in [0.2, 0.25) is 0 Å². The van der Waals surface area contributed by atoms with Gasteiger partial charge in [-0.25, -0.2) is 4.79 Å². The summed E-state index contributed by atoms with van der Waals surface area (Å²) in [5, 5.41) is 6.26. The molecule has 2 rings (SSSR count). The lowest BCUT2D eigenvalue weighted by Gasteiger charge is -2.25. The van der Waals surface area contributed by atoms with Crippen molar-refractivity contribution in [2.24, 2.45) is 0 Å². The number of hydrogen-bond acceptors (Lipinski definition) is 3. The van der Waals surface area contributed by atoms with Crippen molar-refractivity contribution in [2.45, 2.75) is 76.3 Å². The summed E-state index contributed by atoms with van der Waals surface area (Å²) in [5.74, 6) is 0. The number of thiocarbonyl (C=S) groups is 1. The van der Waals surface area contributed by atoms with Crippen LogP contribution in [0.15, 0.2) is 0 Å². The molecular formula is C14H24N2O2S. The fourth-order valence-corrected chi connectivity index (χ4v) is 3.21. The highest BCUT2D eigenvalue weighted by molar-refractivity contribution is 7.80. The Kier molecular flexibility index (Phi) is 5.89. The maximum Gasteiger partial charge on any atom is 0.414 e. The summed E-state index contributed by atoms with van der Waals surface area (Å²) >= 11 is 5.08. The Morgan fingerprint density at radius 2 is 1.32 bits per heavy atom. The van der Waals surface area contributed by atoms with Gasteiger partial charge in [0.15, 0.2) is 0 Å². The van der Waals surface area contributed by atoms with Gasteiger partial charge in [0.1, 0.15) is 0 Å². The first kappa shape index (κ1) is 14.6. The number of ether oxygens (including phenoxy) is 1. The Labute approximate surface area is 120 Å². The zero-order valence-corrected chi connectivity index (χ0v) is 12.3. The maximum atomic E-state index is 11.7. The van der Waals surface area contributed by atoms with Crippen LogP contribution < -0.4 is 10.6 Å². The lowest BCUT2D eigenvalue weighted by Crippen LogP contribution is -2.42. The van der Waals surface area contributed by atoms with Crippen molar-refractivity contribution in [3.8, 4) is 0 Å². The molecule has 0 heterocycles. The van der Waals surface area contributed by atoms with Crippen LogP contribution in [-0.2, 0) is 4.74 Å². The predicted octanol–water partition coefficient (Wildman–Crippen LogP) is 3.25. The minimum atomic E-state index is -0.403. The molecule has 5 heteroatoms. The molecule has 2 saturated carbocycles. The normalized spacial score (nSPS) is 21.7. The number of hydrogen-bond donors (Lipinski definition) is 2. The van der Waals surface area contributed by atoms with Gasteiger partial charge in [0, 0.05) is 12.1 Å². The van der Waals surface area contributed by atoms with Gasteiger partial charge in [-0.3, -0.25) is 0 Å². The fraction of sp³-hybridized carbons (Fsp3) is 0.857. The molecule has 0 unspecified atom stereocenters. The molecule has 4 nitrogen and oxygen atoms in total. The summed E-state index contributed by atoms with van der Waals surface area (Å²) < 4.78 is 5.13. The van der Waals surface area contributed by atoms with Crippen LogP contribution in [0.4, 0.5) is 4.79 Å². The Bertz CT molecular complexity index is 281. The molecule has 0 bridgehead atoms. The molecule has 0 aromatic rings. The van der Waals surface area contributed by atoms with Crippen LogP contribution in [0.5, 0.6) is 0 Å². The Morgan fingerprint density at radius 1 is 0.842 bits per heavy atom. The van der Waals surface area contributed by atoms with Crippen molar-refractivity contribution in [2.75, 3.05) is 0 Å². The topological polar surface area (TPSA) is 50.4 Å². The van der Waals surface area contributed by atoms with Crippen LogP contribution in [0.1, 0.15) is 64.2 Å². The zero-order chi connectivity index (χ0) is 13.5. The van der Waals surface area contributed by atoms with Crippen LogP contribution >= 0.6 is 12.2 Å². The van der Waals surface area contributed by atoms with Crippen LogP contribution in [0.2, 0.25) is 0 Å². The first-order valence-corrected chi connectivity index (χ1v) is 7.94. The summed E-state index contributed by atoms with van der Waals surface area (Å²) in [5.41, 5.74) is 0. The molecule has 2 aliphatic rings. The number of amides is 1. The average molecular weight is 284 g/mol. The van der Waals surface area contributed by atoms with E-state index in [-0.39, 0.29) is 11.2 Å². The van der Waals surface area contributed by atoms with E-state index in [0.717, 1.165) is 25.7 Å². The second-order valence-electron chi connectivity index (χ2n) is 5.64. The Morgan fingerprint density at radius 3 is 1.84 bits per heavy atom. The molecule has 2 fully saturated rings. The molecular weight excluding hydrogens is 260 g/mol. The van der Waals surface area contributed by atoms with Crippen LogP contribution in [-0.4, -0.2) is 23.4 Å². The van der Waals surface area contributed by atoms with E-state index in [9.17, 15) is 4.79 Å². The molecule has 2 aliphatic carbocycles. The quantitative estimate of drug-likeness (QED) is 0.764. The smallest absolute Gasteiger partial charge is 0.383 e. The minimum Gasteiger partial charge on any atom is -0.383 e. The molecule has 108 valence electrons. The summed E-state index contributed by atoms with van der Waals surface area (Å²) in [4.78, 5) is 11.7. The molecule has 1 amide bonds. The van der Waals surface area contributed by atoms with E-state index in [1.165, 1.54) is 38.5 Å². The van der Waals surface area contributed by atoms with Gasteiger partial charge >= 0.3 is 6.09 Å². The van der Waals surface area contributed by atoms with E-state index < -0.39 is 6.09 Å². The van der Waals surface area contributed by atoms with E-state index in [1.807, 2.05) is 0 Å². The molecule has 0 saturated heterocycles. The molecule has 0 aromatic heterocycles. The SMILES string of the molecule is O=C(NC1CCCCC1)OC(=S)NC1CCCCC1. The molecule has 0 spiro atoms. The standard InChI is InChI=1S/C14H24N2O2S/c17-13(15-11-7-3-1-4-8-11)18-14(19)16-12-9-5-2-6-10-12/h11-12H,1-10H2,(H,15,17)(H,16,19). The third-order valence-corrected chi connectivity index (χ3v) is 4.24. The summed E-state index contributed by atoms with van der Waals surface area (Å²) in [6, 6.07) is 0.641. The molecule has 0 atom stereocenters. The Hall–Kier alpha value is -0.840. The number of nitrogens with one attached hydrogen (secondary N) is 2. The van der Waals surface area contributed by atoms with Crippen molar-refractivity contribution in [3.05, 3.63) is 0 Å². The Balaban J connectivity index is 1.64. The predicted molar refractivity (Wildman–Crippen MR) is 79.1 cm³/mol.